The van der Waals surface area contributed by atoms with Crippen LogP contribution >= 0.6 is 11.6 Å². The number of esters is 1. The Hall–Kier alpha value is -3.82. The average Bonchev–Trinajstić information content (AvgIpc) is 3.39. The molecule has 184 valence electrons. The van der Waals surface area contributed by atoms with Crippen LogP contribution in [0.4, 0.5) is 0 Å². The molecule has 3 aromatic heterocycles. The van der Waals surface area contributed by atoms with Crippen molar-refractivity contribution in [3.63, 3.8) is 0 Å². The summed E-state index contributed by atoms with van der Waals surface area (Å²) in [6.45, 7) is 2.66. The van der Waals surface area contributed by atoms with E-state index in [0.717, 1.165) is 12.8 Å². The lowest BCUT2D eigenvalue weighted by atomic mass is 10.1. The van der Waals surface area contributed by atoms with E-state index in [-0.39, 0.29) is 41.3 Å². The molecule has 1 aliphatic rings. The van der Waals surface area contributed by atoms with Crippen molar-refractivity contribution < 1.29 is 19.1 Å². The van der Waals surface area contributed by atoms with E-state index in [9.17, 15) is 14.4 Å². The highest BCUT2D eigenvalue weighted by Crippen LogP contribution is 2.18. The number of hydrogen-bond acceptors (Lipinski definition) is 6. The van der Waals surface area contributed by atoms with Gasteiger partial charge in [0.1, 0.15) is 16.9 Å². The average molecular weight is 507 g/mol. The summed E-state index contributed by atoms with van der Waals surface area (Å²) in [6, 6.07) is 12.9. The minimum atomic E-state index is -0.694. The first-order chi connectivity index (χ1) is 17.5. The van der Waals surface area contributed by atoms with Crippen LogP contribution in [-0.4, -0.2) is 45.1 Å². The number of pyridine rings is 2. The van der Waals surface area contributed by atoms with Crippen LogP contribution in [0.15, 0.2) is 64.5 Å². The van der Waals surface area contributed by atoms with E-state index in [4.69, 9.17) is 26.1 Å². The van der Waals surface area contributed by atoms with Gasteiger partial charge in [0, 0.05) is 23.4 Å². The number of ether oxygens (including phenoxy) is 2. The second-order valence-corrected chi connectivity index (χ2v) is 8.79. The van der Waals surface area contributed by atoms with Crippen molar-refractivity contribution in [2.45, 2.75) is 32.4 Å². The second-order valence-electron chi connectivity index (χ2n) is 8.35. The third kappa shape index (κ3) is 4.55. The van der Waals surface area contributed by atoms with Crippen molar-refractivity contribution in [1.29, 1.82) is 0 Å². The van der Waals surface area contributed by atoms with E-state index in [1.54, 1.807) is 60.2 Å². The number of benzene rings is 1. The summed E-state index contributed by atoms with van der Waals surface area (Å²) in [6.07, 6.45) is 3.10. The molecule has 0 unspecified atom stereocenters. The van der Waals surface area contributed by atoms with E-state index >= 15 is 0 Å². The molecular weight excluding hydrogens is 484 g/mol. The molecule has 0 bridgehead atoms. The fourth-order valence-corrected chi connectivity index (χ4v) is 4.40. The zero-order chi connectivity index (χ0) is 25.2. The van der Waals surface area contributed by atoms with Gasteiger partial charge in [-0.1, -0.05) is 17.7 Å². The molecule has 36 heavy (non-hydrogen) atoms. The molecule has 4 aromatic rings. The smallest absolute Gasteiger partial charge is 0.341 e. The Balaban J connectivity index is 1.85. The lowest BCUT2D eigenvalue weighted by Crippen LogP contribution is -2.35. The Morgan fingerprint density at radius 1 is 1.22 bits per heavy atom. The van der Waals surface area contributed by atoms with Gasteiger partial charge in [-0.05, 0) is 62.2 Å². The van der Waals surface area contributed by atoms with Crippen molar-refractivity contribution in [3.8, 4) is 0 Å². The van der Waals surface area contributed by atoms with Gasteiger partial charge < -0.3 is 14.0 Å². The van der Waals surface area contributed by atoms with Crippen LogP contribution in [0.1, 0.15) is 40.5 Å². The molecule has 5 rings (SSSR count). The molecule has 4 heterocycles. The molecular formula is C26H23ClN4O5. The maximum absolute atomic E-state index is 13.4. The highest BCUT2D eigenvalue weighted by Gasteiger charge is 2.24. The Morgan fingerprint density at radius 2 is 2.03 bits per heavy atom. The number of hydrogen-bond donors (Lipinski definition) is 0. The first-order valence-electron chi connectivity index (χ1n) is 11.6. The van der Waals surface area contributed by atoms with Gasteiger partial charge in [0.05, 0.1) is 24.6 Å². The predicted octanol–water partition coefficient (Wildman–Crippen LogP) is 3.40. The molecule has 0 aliphatic carbocycles. The van der Waals surface area contributed by atoms with Crippen molar-refractivity contribution in [3.05, 3.63) is 86.7 Å². The molecule has 0 N–H and O–H groups in total. The quantitative estimate of drug-likeness (QED) is 0.303. The summed E-state index contributed by atoms with van der Waals surface area (Å²) in [5.74, 6) is -1.27. The topological polar surface area (TPSA) is 104 Å². The molecule has 1 fully saturated rings. The van der Waals surface area contributed by atoms with Gasteiger partial charge in [-0.2, -0.15) is 4.99 Å². The molecule has 0 saturated carbocycles. The minimum Gasteiger partial charge on any atom is -0.462 e. The summed E-state index contributed by atoms with van der Waals surface area (Å²) in [5.41, 5.74) is 0.734. The van der Waals surface area contributed by atoms with Gasteiger partial charge in [-0.25, -0.2) is 9.78 Å². The molecule has 9 nitrogen and oxygen atoms in total. The van der Waals surface area contributed by atoms with Crippen LogP contribution in [-0.2, 0) is 16.0 Å². The highest BCUT2D eigenvalue weighted by molar-refractivity contribution is 6.30. The van der Waals surface area contributed by atoms with Gasteiger partial charge in [-0.3, -0.25) is 14.0 Å². The Kier molecular flexibility index (Phi) is 6.67. The number of halogens is 1. The fraction of sp³-hybridized carbons (Fsp3) is 0.269. The van der Waals surface area contributed by atoms with E-state index < -0.39 is 11.9 Å². The maximum Gasteiger partial charge on any atom is 0.341 e. The van der Waals surface area contributed by atoms with Crippen LogP contribution in [0.2, 0.25) is 5.02 Å². The number of rotatable bonds is 5. The number of aromatic nitrogens is 3. The summed E-state index contributed by atoms with van der Waals surface area (Å²) in [5, 5.41) is 0.687. The number of carbonyl (C=O) groups excluding carboxylic acids is 2. The Labute approximate surface area is 210 Å². The third-order valence-electron chi connectivity index (χ3n) is 5.99. The molecule has 1 amide bonds. The SMILES string of the molecule is CCOC(=O)c1cc2c(=O)n3ccccc3nc2n(C[C@H]2CCCO2)c1=NC(=O)c1ccc(Cl)cc1. The first-order valence-corrected chi connectivity index (χ1v) is 12.0. The molecule has 1 saturated heterocycles. The molecule has 1 aromatic carbocycles. The normalized spacial score (nSPS) is 16.1. The molecule has 1 atom stereocenters. The highest BCUT2D eigenvalue weighted by atomic mass is 35.5. The zero-order valence-electron chi connectivity index (χ0n) is 19.5. The summed E-state index contributed by atoms with van der Waals surface area (Å²) >= 11 is 5.97. The van der Waals surface area contributed by atoms with Crippen LogP contribution in [0.3, 0.4) is 0 Å². The van der Waals surface area contributed by atoms with E-state index in [1.165, 1.54) is 10.5 Å². The molecule has 1 aliphatic heterocycles. The number of amides is 1. The molecule has 10 heteroatoms. The van der Waals surface area contributed by atoms with Gasteiger partial charge in [0.25, 0.3) is 11.5 Å². The largest absolute Gasteiger partial charge is 0.462 e. The lowest BCUT2D eigenvalue weighted by molar-refractivity contribution is 0.0521. The lowest BCUT2D eigenvalue weighted by Gasteiger charge is -2.18. The van der Waals surface area contributed by atoms with Gasteiger partial charge in [0.2, 0.25) is 0 Å². The zero-order valence-corrected chi connectivity index (χ0v) is 20.3. The Bertz CT molecular complexity index is 1600. The maximum atomic E-state index is 13.4. The standard InChI is InChI=1S/C26H23ClN4O5/c1-2-35-26(34)20-14-19-22(28-21-7-3-4-12-30(21)25(19)33)31(15-18-6-5-13-36-18)23(20)29-24(32)16-8-10-17(27)11-9-16/h3-4,7-12,14,18H,2,5-6,13,15H2,1H3/t18-/m1/s1. The monoisotopic (exact) mass is 506 g/mol. The summed E-state index contributed by atoms with van der Waals surface area (Å²) in [7, 11) is 0. The van der Waals surface area contributed by atoms with Gasteiger partial charge in [0.15, 0.2) is 5.49 Å². The van der Waals surface area contributed by atoms with Crippen LogP contribution in [0.5, 0.6) is 0 Å². The molecule has 0 spiro atoms. The van der Waals surface area contributed by atoms with Crippen molar-refractivity contribution >= 4 is 40.2 Å². The molecule has 0 radical (unpaired) electrons. The number of fused-ring (bicyclic) bond motifs is 2. The second kappa shape index (κ2) is 10.0. The summed E-state index contributed by atoms with van der Waals surface area (Å²) in [4.78, 5) is 48.7. The van der Waals surface area contributed by atoms with Crippen LogP contribution < -0.4 is 11.0 Å². The van der Waals surface area contributed by atoms with Crippen LogP contribution in [0, 0.1) is 0 Å². The number of nitrogens with zero attached hydrogens (tertiary/aromatic N) is 4. The van der Waals surface area contributed by atoms with E-state index in [2.05, 4.69) is 4.99 Å². The number of carbonyl (C=O) groups is 2. The summed E-state index contributed by atoms with van der Waals surface area (Å²) < 4.78 is 14.1. The van der Waals surface area contributed by atoms with Crippen molar-refractivity contribution in [2.75, 3.05) is 13.2 Å². The van der Waals surface area contributed by atoms with Crippen LogP contribution in [0.25, 0.3) is 16.7 Å². The van der Waals surface area contributed by atoms with E-state index in [1.807, 2.05) is 0 Å². The first kappa shape index (κ1) is 23.9. The predicted molar refractivity (Wildman–Crippen MR) is 133 cm³/mol. The van der Waals surface area contributed by atoms with Crippen molar-refractivity contribution in [1.82, 2.24) is 14.0 Å². The van der Waals surface area contributed by atoms with Gasteiger partial charge >= 0.3 is 5.97 Å². The van der Waals surface area contributed by atoms with E-state index in [0.29, 0.717) is 28.5 Å². The fourth-order valence-electron chi connectivity index (χ4n) is 4.28. The third-order valence-corrected chi connectivity index (χ3v) is 6.25. The van der Waals surface area contributed by atoms with Crippen molar-refractivity contribution in [2.24, 2.45) is 4.99 Å². The van der Waals surface area contributed by atoms with Gasteiger partial charge in [-0.15, -0.1) is 0 Å². The Morgan fingerprint density at radius 3 is 2.75 bits per heavy atom. The minimum absolute atomic E-state index is 0.000517.